The lowest BCUT2D eigenvalue weighted by atomic mass is 10.0. The van der Waals surface area contributed by atoms with Crippen LogP contribution in [0.15, 0.2) is 18.2 Å². The van der Waals surface area contributed by atoms with E-state index in [2.05, 4.69) is 35.0 Å². The Bertz CT molecular complexity index is 271. The van der Waals surface area contributed by atoms with Gasteiger partial charge in [0.25, 0.3) is 0 Å². The van der Waals surface area contributed by atoms with E-state index in [0.717, 1.165) is 17.5 Å². The molecule has 0 N–H and O–H groups in total. The minimum absolute atomic E-state index is 0.902. The van der Waals surface area contributed by atoms with E-state index in [-0.39, 0.29) is 0 Å². The van der Waals surface area contributed by atoms with Gasteiger partial charge in [0.15, 0.2) is 0 Å². The Morgan fingerprint density at radius 1 is 1.31 bits per heavy atom. The molecule has 0 amide bonds. The molecular weight excluding hydrogens is 228 g/mol. The second-order valence-corrected chi connectivity index (χ2v) is 3.58. The van der Waals surface area contributed by atoms with E-state index in [1.54, 1.807) is 7.11 Å². The van der Waals surface area contributed by atoms with Gasteiger partial charge in [-0.05, 0) is 29.7 Å². The minimum Gasteiger partial charge on any atom is -0.497 e. The summed E-state index contributed by atoms with van der Waals surface area (Å²) >= 11 is 3.49. The van der Waals surface area contributed by atoms with Crippen molar-refractivity contribution in [2.75, 3.05) is 7.11 Å². The molecule has 13 heavy (non-hydrogen) atoms. The highest BCUT2D eigenvalue weighted by atomic mass is 79.9. The van der Waals surface area contributed by atoms with Gasteiger partial charge >= 0.3 is 0 Å². The van der Waals surface area contributed by atoms with Crippen LogP contribution in [-0.2, 0) is 11.8 Å². The molecule has 1 rings (SSSR count). The van der Waals surface area contributed by atoms with Gasteiger partial charge in [-0.15, -0.1) is 0 Å². The van der Waals surface area contributed by atoms with Crippen molar-refractivity contribution < 1.29 is 4.74 Å². The molecule has 1 aromatic carbocycles. The lowest BCUT2D eigenvalue weighted by Gasteiger charge is -2.08. The van der Waals surface area contributed by atoms with Crippen molar-refractivity contribution in [2.24, 2.45) is 0 Å². The minimum atomic E-state index is 0.902. The van der Waals surface area contributed by atoms with Gasteiger partial charge in [0, 0.05) is 5.33 Å². The van der Waals surface area contributed by atoms with Gasteiger partial charge in [0.05, 0.1) is 7.11 Å². The Labute approximate surface area is 88.2 Å². The molecule has 1 aromatic rings. The predicted molar refractivity (Wildman–Crippen MR) is 59.6 cm³/mol. The maximum absolute atomic E-state index is 5.17. The zero-order chi connectivity index (χ0) is 9.68. The zero-order valence-corrected chi connectivity index (χ0v) is 9.73. The van der Waals surface area contributed by atoms with E-state index in [4.69, 9.17) is 4.74 Å². The molecular formula is C11H15BrO. The molecule has 72 valence electrons. The van der Waals surface area contributed by atoms with Crippen LogP contribution in [0.3, 0.4) is 0 Å². The van der Waals surface area contributed by atoms with E-state index in [1.807, 2.05) is 6.07 Å². The van der Waals surface area contributed by atoms with Crippen LogP contribution in [0.1, 0.15) is 24.5 Å². The number of hydrogen-bond donors (Lipinski definition) is 0. The molecule has 0 aromatic heterocycles. The van der Waals surface area contributed by atoms with Gasteiger partial charge in [-0.25, -0.2) is 0 Å². The van der Waals surface area contributed by atoms with Gasteiger partial charge < -0.3 is 4.74 Å². The van der Waals surface area contributed by atoms with Gasteiger partial charge in [0.1, 0.15) is 5.75 Å². The van der Waals surface area contributed by atoms with E-state index in [9.17, 15) is 0 Å². The number of rotatable bonds is 4. The summed E-state index contributed by atoms with van der Waals surface area (Å²) in [6.45, 7) is 2.20. The molecule has 0 saturated carbocycles. The first-order valence-electron chi connectivity index (χ1n) is 4.53. The van der Waals surface area contributed by atoms with Crippen LogP contribution >= 0.6 is 15.9 Å². The Morgan fingerprint density at radius 3 is 2.62 bits per heavy atom. The highest BCUT2D eigenvalue weighted by molar-refractivity contribution is 9.08. The average Bonchev–Trinajstić information content (AvgIpc) is 2.19. The predicted octanol–water partition coefficient (Wildman–Crippen LogP) is 3.54. The van der Waals surface area contributed by atoms with Crippen LogP contribution < -0.4 is 4.74 Å². The van der Waals surface area contributed by atoms with Crippen LogP contribution in [0.2, 0.25) is 0 Å². The summed E-state index contributed by atoms with van der Waals surface area (Å²) in [5.74, 6) is 0.939. The molecule has 0 unspecified atom stereocenters. The quantitative estimate of drug-likeness (QED) is 0.735. The first-order chi connectivity index (χ1) is 6.31. The first-order valence-corrected chi connectivity index (χ1v) is 5.65. The number of aryl methyl sites for hydroxylation is 1. The summed E-state index contributed by atoms with van der Waals surface area (Å²) < 4.78 is 5.17. The molecule has 0 aliphatic carbocycles. The van der Waals surface area contributed by atoms with Crippen molar-refractivity contribution in [2.45, 2.75) is 25.1 Å². The van der Waals surface area contributed by atoms with Crippen LogP contribution in [0.25, 0.3) is 0 Å². The third-order valence-electron chi connectivity index (χ3n) is 2.08. The number of hydrogen-bond acceptors (Lipinski definition) is 1. The van der Waals surface area contributed by atoms with E-state index in [1.165, 1.54) is 17.5 Å². The largest absolute Gasteiger partial charge is 0.497 e. The molecule has 0 aliphatic rings. The molecule has 2 heteroatoms. The second kappa shape index (κ2) is 5.28. The van der Waals surface area contributed by atoms with Crippen molar-refractivity contribution in [3.05, 3.63) is 29.3 Å². The average molecular weight is 243 g/mol. The summed E-state index contributed by atoms with van der Waals surface area (Å²) in [6.07, 6.45) is 2.33. The molecule has 0 saturated heterocycles. The maximum atomic E-state index is 5.17. The Hall–Kier alpha value is -0.500. The first kappa shape index (κ1) is 10.6. The van der Waals surface area contributed by atoms with Gasteiger partial charge in [-0.1, -0.05) is 35.3 Å². The highest BCUT2D eigenvalue weighted by Crippen LogP contribution is 2.20. The Morgan fingerprint density at radius 2 is 2.08 bits per heavy atom. The fourth-order valence-corrected chi connectivity index (χ4v) is 1.89. The van der Waals surface area contributed by atoms with Crippen molar-refractivity contribution >= 4 is 15.9 Å². The third kappa shape index (κ3) is 2.73. The number of halogens is 1. The highest BCUT2D eigenvalue weighted by Gasteiger charge is 2.01. The van der Waals surface area contributed by atoms with E-state index in [0.29, 0.717) is 0 Å². The summed E-state index contributed by atoms with van der Waals surface area (Å²) in [6, 6.07) is 6.27. The molecule has 0 heterocycles. The van der Waals surface area contributed by atoms with Gasteiger partial charge in [-0.2, -0.15) is 0 Å². The van der Waals surface area contributed by atoms with Crippen molar-refractivity contribution in [1.82, 2.24) is 0 Å². The van der Waals surface area contributed by atoms with Gasteiger partial charge in [-0.3, -0.25) is 0 Å². The number of methoxy groups -OCH3 is 1. The normalized spacial score (nSPS) is 10.1. The van der Waals surface area contributed by atoms with E-state index < -0.39 is 0 Å². The smallest absolute Gasteiger partial charge is 0.119 e. The fraction of sp³-hybridized carbons (Fsp3) is 0.455. The van der Waals surface area contributed by atoms with Crippen molar-refractivity contribution in [1.29, 1.82) is 0 Å². The fourth-order valence-electron chi connectivity index (χ4n) is 1.37. The van der Waals surface area contributed by atoms with Crippen LogP contribution in [-0.4, -0.2) is 7.11 Å². The number of ether oxygens (including phenoxy) is 1. The van der Waals surface area contributed by atoms with Gasteiger partial charge in [0.2, 0.25) is 0 Å². The van der Waals surface area contributed by atoms with Crippen LogP contribution in [0, 0.1) is 0 Å². The molecule has 0 atom stereocenters. The summed E-state index contributed by atoms with van der Waals surface area (Å²) in [7, 11) is 1.70. The zero-order valence-electron chi connectivity index (χ0n) is 8.14. The van der Waals surface area contributed by atoms with Crippen molar-refractivity contribution in [3.8, 4) is 5.75 Å². The molecule has 0 aliphatic heterocycles. The Kier molecular flexibility index (Phi) is 4.29. The Balaban J connectivity index is 2.93. The second-order valence-electron chi connectivity index (χ2n) is 3.02. The van der Waals surface area contributed by atoms with Crippen LogP contribution in [0.5, 0.6) is 5.75 Å². The maximum Gasteiger partial charge on any atom is 0.119 e. The number of alkyl halides is 1. The lowest BCUT2D eigenvalue weighted by molar-refractivity contribution is 0.414. The summed E-state index contributed by atoms with van der Waals surface area (Å²) in [4.78, 5) is 0. The molecule has 0 bridgehead atoms. The monoisotopic (exact) mass is 242 g/mol. The molecule has 0 fully saturated rings. The third-order valence-corrected chi connectivity index (χ3v) is 2.68. The van der Waals surface area contributed by atoms with E-state index >= 15 is 0 Å². The summed E-state index contributed by atoms with van der Waals surface area (Å²) in [5.41, 5.74) is 2.75. The molecule has 1 nitrogen and oxygen atoms in total. The topological polar surface area (TPSA) is 9.23 Å². The molecule has 0 spiro atoms. The van der Waals surface area contributed by atoms with Crippen molar-refractivity contribution in [3.63, 3.8) is 0 Å². The molecule has 0 radical (unpaired) electrons. The standard InChI is InChI=1S/C11H15BrO/c1-3-4-9-5-6-11(13-2)7-10(9)8-12/h5-7H,3-4,8H2,1-2H3. The SMILES string of the molecule is CCCc1ccc(OC)cc1CBr. The van der Waals surface area contributed by atoms with Crippen LogP contribution in [0.4, 0.5) is 0 Å². The summed E-state index contributed by atoms with van der Waals surface area (Å²) in [5, 5.41) is 0.902. The lowest BCUT2D eigenvalue weighted by Crippen LogP contribution is -1.92. The number of benzene rings is 1.